The lowest BCUT2D eigenvalue weighted by atomic mass is 10.1. The van der Waals surface area contributed by atoms with Gasteiger partial charge in [0.2, 0.25) is 0 Å². The van der Waals surface area contributed by atoms with E-state index in [9.17, 15) is 4.79 Å². The molecule has 1 aliphatic rings. The molecule has 0 saturated carbocycles. The van der Waals surface area contributed by atoms with Gasteiger partial charge in [0.25, 0.3) is 0 Å². The molecule has 0 fully saturated rings. The standard InChI is InChI=1S/C10H11N3O2/c14-10(15)13-5-1-2-8(7-13)9-6-11-3-4-12-9/h2-4,6H,1,5,7H2,(H,14,15). The third-order valence-electron chi connectivity index (χ3n) is 2.31. The number of amides is 1. The van der Waals surface area contributed by atoms with Gasteiger partial charge in [0.05, 0.1) is 18.4 Å². The molecule has 5 nitrogen and oxygen atoms in total. The van der Waals surface area contributed by atoms with E-state index in [0.717, 1.165) is 17.7 Å². The Bertz CT molecular complexity index is 389. The van der Waals surface area contributed by atoms with Crippen molar-refractivity contribution in [3.05, 3.63) is 30.4 Å². The number of aromatic nitrogens is 2. The van der Waals surface area contributed by atoms with Crippen LogP contribution in [0.25, 0.3) is 5.57 Å². The predicted molar refractivity (Wildman–Crippen MR) is 54.2 cm³/mol. The van der Waals surface area contributed by atoms with Gasteiger partial charge in [-0.3, -0.25) is 9.97 Å². The molecule has 1 aromatic rings. The van der Waals surface area contributed by atoms with Crippen molar-refractivity contribution in [3.8, 4) is 0 Å². The molecular weight excluding hydrogens is 194 g/mol. The van der Waals surface area contributed by atoms with Gasteiger partial charge in [0.1, 0.15) is 0 Å². The van der Waals surface area contributed by atoms with E-state index < -0.39 is 6.09 Å². The number of rotatable bonds is 1. The van der Waals surface area contributed by atoms with Gasteiger partial charge in [-0.25, -0.2) is 4.79 Å². The van der Waals surface area contributed by atoms with Gasteiger partial charge in [0, 0.05) is 18.9 Å². The van der Waals surface area contributed by atoms with Crippen LogP contribution >= 0.6 is 0 Å². The van der Waals surface area contributed by atoms with Crippen LogP contribution in [0.15, 0.2) is 24.7 Å². The Balaban J connectivity index is 2.18. The van der Waals surface area contributed by atoms with Gasteiger partial charge in [-0.2, -0.15) is 0 Å². The Labute approximate surface area is 87.1 Å². The number of hydrogen-bond donors (Lipinski definition) is 1. The summed E-state index contributed by atoms with van der Waals surface area (Å²) in [6.07, 6.45) is 6.72. The highest BCUT2D eigenvalue weighted by Crippen LogP contribution is 2.17. The fraction of sp³-hybridized carbons (Fsp3) is 0.300. The summed E-state index contributed by atoms with van der Waals surface area (Å²) >= 11 is 0. The summed E-state index contributed by atoms with van der Waals surface area (Å²) in [5.41, 5.74) is 1.68. The molecule has 0 aromatic carbocycles. The van der Waals surface area contributed by atoms with Crippen molar-refractivity contribution >= 4 is 11.7 Å². The normalized spacial score (nSPS) is 16.0. The van der Waals surface area contributed by atoms with E-state index in [1.165, 1.54) is 4.90 Å². The first kappa shape index (κ1) is 9.64. The average molecular weight is 205 g/mol. The number of carbonyl (C=O) groups is 1. The molecule has 2 rings (SSSR count). The van der Waals surface area contributed by atoms with Crippen LogP contribution in [-0.4, -0.2) is 39.2 Å². The monoisotopic (exact) mass is 205 g/mol. The van der Waals surface area contributed by atoms with Crippen molar-refractivity contribution in [2.75, 3.05) is 13.1 Å². The predicted octanol–water partition coefficient (Wildman–Crippen LogP) is 1.24. The molecule has 1 aliphatic heterocycles. The summed E-state index contributed by atoms with van der Waals surface area (Å²) in [5, 5.41) is 8.87. The second-order valence-electron chi connectivity index (χ2n) is 3.31. The zero-order valence-electron chi connectivity index (χ0n) is 8.13. The molecule has 15 heavy (non-hydrogen) atoms. The highest BCUT2D eigenvalue weighted by atomic mass is 16.4. The van der Waals surface area contributed by atoms with Crippen LogP contribution in [0.5, 0.6) is 0 Å². The fourth-order valence-electron chi connectivity index (χ4n) is 1.56. The van der Waals surface area contributed by atoms with Crippen molar-refractivity contribution in [1.82, 2.24) is 14.9 Å². The van der Waals surface area contributed by atoms with E-state index in [1.807, 2.05) is 6.08 Å². The lowest BCUT2D eigenvalue weighted by Crippen LogP contribution is -2.34. The van der Waals surface area contributed by atoms with Crippen LogP contribution in [0.4, 0.5) is 4.79 Å². The molecule has 1 amide bonds. The van der Waals surface area contributed by atoms with E-state index in [0.29, 0.717) is 13.1 Å². The molecule has 1 aromatic heterocycles. The van der Waals surface area contributed by atoms with Gasteiger partial charge in [-0.1, -0.05) is 6.08 Å². The summed E-state index contributed by atoms with van der Waals surface area (Å²) in [4.78, 5) is 20.3. The Kier molecular flexibility index (Phi) is 2.62. The first-order chi connectivity index (χ1) is 7.27. The maximum absolute atomic E-state index is 10.8. The SMILES string of the molecule is O=C(O)N1CCC=C(c2cnccn2)C1. The molecule has 0 aliphatic carbocycles. The first-order valence-corrected chi connectivity index (χ1v) is 4.70. The number of nitrogens with zero attached hydrogens (tertiary/aromatic N) is 3. The Hall–Kier alpha value is -1.91. The zero-order chi connectivity index (χ0) is 10.7. The molecular formula is C10H11N3O2. The maximum Gasteiger partial charge on any atom is 0.407 e. The maximum atomic E-state index is 10.8. The second-order valence-corrected chi connectivity index (χ2v) is 3.31. The molecule has 0 unspecified atom stereocenters. The van der Waals surface area contributed by atoms with E-state index in [-0.39, 0.29) is 0 Å². The van der Waals surface area contributed by atoms with E-state index in [1.54, 1.807) is 18.6 Å². The van der Waals surface area contributed by atoms with Crippen molar-refractivity contribution in [3.63, 3.8) is 0 Å². The molecule has 0 radical (unpaired) electrons. The summed E-state index contributed by atoms with van der Waals surface area (Å²) in [5.74, 6) is 0. The highest BCUT2D eigenvalue weighted by molar-refractivity contribution is 5.72. The lowest BCUT2D eigenvalue weighted by molar-refractivity contribution is 0.150. The van der Waals surface area contributed by atoms with Crippen molar-refractivity contribution in [2.24, 2.45) is 0 Å². The van der Waals surface area contributed by atoms with Crippen LogP contribution in [0.3, 0.4) is 0 Å². The molecule has 2 heterocycles. The van der Waals surface area contributed by atoms with Crippen molar-refractivity contribution < 1.29 is 9.90 Å². The summed E-state index contributed by atoms with van der Waals surface area (Å²) in [6.45, 7) is 0.952. The van der Waals surface area contributed by atoms with Gasteiger partial charge in [-0.15, -0.1) is 0 Å². The van der Waals surface area contributed by atoms with Gasteiger partial charge < -0.3 is 10.0 Å². The largest absolute Gasteiger partial charge is 0.465 e. The summed E-state index contributed by atoms with van der Waals surface area (Å²) in [6, 6.07) is 0. The quantitative estimate of drug-likeness (QED) is 0.749. The summed E-state index contributed by atoms with van der Waals surface area (Å²) in [7, 11) is 0. The number of carboxylic acid groups (broad SMARTS) is 1. The second kappa shape index (κ2) is 4.08. The zero-order valence-corrected chi connectivity index (χ0v) is 8.13. The Morgan fingerprint density at radius 3 is 3.00 bits per heavy atom. The van der Waals surface area contributed by atoms with E-state index in [2.05, 4.69) is 9.97 Å². The molecule has 0 saturated heterocycles. The topological polar surface area (TPSA) is 66.3 Å². The molecule has 0 bridgehead atoms. The van der Waals surface area contributed by atoms with Crippen LogP contribution in [0.1, 0.15) is 12.1 Å². The highest BCUT2D eigenvalue weighted by Gasteiger charge is 2.18. The molecule has 1 N–H and O–H groups in total. The lowest BCUT2D eigenvalue weighted by Gasteiger charge is -2.24. The third-order valence-corrected chi connectivity index (χ3v) is 2.31. The molecule has 5 heteroatoms. The smallest absolute Gasteiger partial charge is 0.407 e. The Morgan fingerprint density at radius 1 is 1.47 bits per heavy atom. The molecule has 0 atom stereocenters. The third kappa shape index (κ3) is 2.12. The van der Waals surface area contributed by atoms with Gasteiger partial charge in [-0.05, 0) is 12.0 Å². The van der Waals surface area contributed by atoms with E-state index >= 15 is 0 Å². The average Bonchev–Trinajstić information content (AvgIpc) is 2.30. The van der Waals surface area contributed by atoms with Crippen LogP contribution in [0.2, 0.25) is 0 Å². The van der Waals surface area contributed by atoms with Crippen LogP contribution in [-0.2, 0) is 0 Å². The minimum absolute atomic E-state index is 0.397. The van der Waals surface area contributed by atoms with Gasteiger partial charge in [0.15, 0.2) is 0 Å². The van der Waals surface area contributed by atoms with Crippen LogP contribution in [0, 0.1) is 0 Å². The minimum atomic E-state index is -0.885. The fourth-order valence-corrected chi connectivity index (χ4v) is 1.56. The van der Waals surface area contributed by atoms with Gasteiger partial charge >= 0.3 is 6.09 Å². The molecule has 78 valence electrons. The van der Waals surface area contributed by atoms with Crippen LogP contribution < -0.4 is 0 Å². The first-order valence-electron chi connectivity index (χ1n) is 4.70. The molecule has 0 spiro atoms. The van der Waals surface area contributed by atoms with Crippen molar-refractivity contribution in [1.29, 1.82) is 0 Å². The summed E-state index contributed by atoms with van der Waals surface area (Å²) < 4.78 is 0. The van der Waals surface area contributed by atoms with E-state index in [4.69, 9.17) is 5.11 Å². The number of hydrogen-bond acceptors (Lipinski definition) is 3. The Morgan fingerprint density at radius 2 is 2.33 bits per heavy atom. The minimum Gasteiger partial charge on any atom is -0.465 e. The van der Waals surface area contributed by atoms with Crippen molar-refractivity contribution in [2.45, 2.75) is 6.42 Å².